The first-order valence-electron chi connectivity index (χ1n) is 7.14. The molecule has 0 radical (unpaired) electrons. The average Bonchev–Trinajstić information content (AvgIpc) is 2.66. The van der Waals surface area contributed by atoms with Crippen molar-refractivity contribution in [3.05, 3.63) is 34.6 Å². The molecule has 0 spiro atoms. The second-order valence-electron chi connectivity index (χ2n) is 5.32. The maximum atomic E-state index is 5.75. The number of benzene rings is 1. The highest BCUT2D eigenvalue weighted by molar-refractivity contribution is 5.71. The van der Waals surface area contributed by atoms with Crippen molar-refractivity contribution in [3.63, 3.8) is 0 Å². The molecule has 112 valence electrons. The molecule has 21 heavy (non-hydrogen) atoms. The summed E-state index contributed by atoms with van der Waals surface area (Å²) in [5, 5.41) is 4.50. The van der Waals surface area contributed by atoms with Crippen molar-refractivity contribution >= 4 is 6.21 Å². The minimum atomic E-state index is 0.364. The van der Waals surface area contributed by atoms with Crippen LogP contribution in [0.15, 0.2) is 17.1 Å². The van der Waals surface area contributed by atoms with E-state index in [1.165, 1.54) is 16.8 Å². The summed E-state index contributed by atoms with van der Waals surface area (Å²) in [5.41, 5.74) is 6.88. The topological polar surface area (TPSA) is 39.4 Å². The van der Waals surface area contributed by atoms with E-state index < -0.39 is 0 Å². The van der Waals surface area contributed by atoms with Gasteiger partial charge in [0, 0.05) is 18.3 Å². The van der Waals surface area contributed by atoms with E-state index in [0.29, 0.717) is 6.73 Å². The fraction of sp³-hybridized carbons (Fsp3) is 0.412. The first kappa shape index (κ1) is 15.3. The summed E-state index contributed by atoms with van der Waals surface area (Å²) in [7, 11) is 1.98. The lowest BCUT2D eigenvalue weighted by atomic mass is 9.98. The molecule has 0 amide bonds. The summed E-state index contributed by atoms with van der Waals surface area (Å²) in [6.07, 6.45) is 1.75. The summed E-state index contributed by atoms with van der Waals surface area (Å²) in [6, 6.07) is 4.32. The Morgan fingerprint density at radius 1 is 1.19 bits per heavy atom. The minimum absolute atomic E-state index is 0.364. The molecule has 0 fully saturated rings. The van der Waals surface area contributed by atoms with Gasteiger partial charge in [-0.1, -0.05) is 0 Å². The van der Waals surface area contributed by atoms with Crippen molar-refractivity contribution in [2.75, 3.05) is 6.73 Å². The molecule has 4 nitrogen and oxygen atoms in total. The molecule has 2 rings (SSSR count). The van der Waals surface area contributed by atoms with Crippen LogP contribution < -0.4 is 4.74 Å². The molecule has 0 unspecified atom stereocenters. The molecule has 0 saturated carbocycles. The molecular formula is C17H23N3O. The quantitative estimate of drug-likeness (QED) is 0.803. The van der Waals surface area contributed by atoms with E-state index >= 15 is 0 Å². The van der Waals surface area contributed by atoms with Crippen molar-refractivity contribution < 1.29 is 4.74 Å². The normalized spacial score (nSPS) is 11.3. The Balaban J connectivity index is 2.44. The van der Waals surface area contributed by atoms with Crippen LogP contribution in [0.2, 0.25) is 0 Å². The SMILES string of the molecule is C/C=N/COc1c(C)cc(-c2c(C)nn(C)c2C)cc1C. The van der Waals surface area contributed by atoms with Gasteiger partial charge in [0.25, 0.3) is 0 Å². The lowest BCUT2D eigenvalue weighted by Gasteiger charge is -2.13. The van der Waals surface area contributed by atoms with Gasteiger partial charge in [0.2, 0.25) is 0 Å². The van der Waals surface area contributed by atoms with Gasteiger partial charge in [-0.3, -0.25) is 9.67 Å². The van der Waals surface area contributed by atoms with Crippen molar-refractivity contribution in [2.24, 2.45) is 12.0 Å². The van der Waals surface area contributed by atoms with Gasteiger partial charge in [0.15, 0.2) is 6.73 Å². The monoisotopic (exact) mass is 285 g/mol. The number of rotatable bonds is 4. The minimum Gasteiger partial charge on any atom is -0.471 e. The molecule has 0 aliphatic carbocycles. The molecule has 0 N–H and O–H groups in total. The molecule has 0 saturated heterocycles. The van der Waals surface area contributed by atoms with Gasteiger partial charge in [0.05, 0.1) is 5.69 Å². The molecular weight excluding hydrogens is 262 g/mol. The van der Waals surface area contributed by atoms with Gasteiger partial charge < -0.3 is 4.74 Å². The molecule has 2 aromatic rings. The standard InChI is InChI=1S/C17H23N3O/c1-7-18-10-21-17-11(2)8-15(9-12(17)3)16-13(4)19-20(6)14(16)5/h7-9H,10H2,1-6H3/b18-7+. The van der Waals surface area contributed by atoms with Gasteiger partial charge in [-0.05, 0) is 69.7 Å². The van der Waals surface area contributed by atoms with E-state index in [0.717, 1.165) is 22.6 Å². The molecule has 1 heterocycles. The fourth-order valence-electron chi connectivity index (χ4n) is 2.69. The second kappa shape index (κ2) is 6.12. The van der Waals surface area contributed by atoms with E-state index in [-0.39, 0.29) is 0 Å². The van der Waals surface area contributed by atoms with E-state index in [4.69, 9.17) is 4.74 Å². The molecule has 4 heteroatoms. The Morgan fingerprint density at radius 3 is 2.29 bits per heavy atom. The predicted molar refractivity (Wildman–Crippen MR) is 87.3 cm³/mol. The van der Waals surface area contributed by atoms with Gasteiger partial charge >= 0.3 is 0 Å². The second-order valence-corrected chi connectivity index (χ2v) is 5.32. The Hall–Kier alpha value is -2.10. The van der Waals surface area contributed by atoms with Crippen molar-refractivity contribution in [1.82, 2.24) is 9.78 Å². The Labute approximate surface area is 126 Å². The zero-order chi connectivity index (χ0) is 15.6. The number of aliphatic imine (C=N–C) groups is 1. The zero-order valence-electron chi connectivity index (χ0n) is 13.7. The summed E-state index contributed by atoms with van der Waals surface area (Å²) < 4.78 is 7.67. The highest BCUT2D eigenvalue weighted by Gasteiger charge is 2.14. The number of hydrogen-bond donors (Lipinski definition) is 0. The van der Waals surface area contributed by atoms with Crippen LogP contribution in [0.25, 0.3) is 11.1 Å². The van der Waals surface area contributed by atoms with E-state index in [9.17, 15) is 0 Å². The van der Waals surface area contributed by atoms with Gasteiger partial charge in [-0.15, -0.1) is 0 Å². The van der Waals surface area contributed by atoms with Gasteiger partial charge in [-0.2, -0.15) is 5.10 Å². The molecule has 0 bridgehead atoms. The summed E-state index contributed by atoms with van der Waals surface area (Å²) in [4.78, 5) is 4.10. The summed E-state index contributed by atoms with van der Waals surface area (Å²) in [6.45, 7) is 10.5. The number of aromatic nitrogens is 2. The lowest BCUT2D eigenvalue weighted by Crippen LogP contribution is -1.99. The molecule has 0 aliphatic heterocycles. The number of nitrogens with zero attached hydrogens (tertiary/aromatic N) is 3. The Bertz CT molecular complexity index is 661. The summed E-state index contributed by atoms with van der Waals surface area (Å²) >= 11 is 0. The molecule has 1 aromatic heterocycles. The van der Waals surface area contributed by atoms with Crippen LogP contribution in [-0.2, 0) is 7.05 Å². The zero-order valence-corrected chi connectivity index (χ0v) is 13.7. The van der Waals surface area contributed by atoms with Crippen LogP contribution >= 0.6 is 0 Å². The first-order chi connectivity index (χ1) is 9.95. The average molecular weight is 285 g/mol. The summed E-state index contributed by atoms with van der Waals surface area (Å²) in [5.74, 6) is 0.920. The Kier molecular flexibility index (Phi) is 4.46. The van der Waals surface area contributed by atoms with E-state index in [1.54, 1.807) is 6.21 Å². The number of ether oxygens (including phenoxy) is 1. The molecule has 0 atom stereocenters. The highest BCUT2D eigenvalue weighted by atomic mass is 16.5. The third-order valence-electron chi connectivity index (χ3n) is 3.72. The smallest absolute Gasteiger partial charge is 0.178 e. The van der Waals surface area contributed by atoms with Crippen molar-refractivity contribution in [1.29, 1.82) is 0 Å². The van der Waals surface area contributed by atoms with Gasteiger partial charge in [-0.25, -0.2) is 0 Å². The maximum absolute atomic E-state index is 5.75. The molecule has 0 aliphatic rings. The van der Waals surface area contributed by atoms with Crippen LogP contribution in [0.5, 0.6) is 5.75 Å². The van der Waals surface area contributed by atoms with E-state index in [1.807, 2.05) is 25.6 Å². The maximum Gasteiger partial charge on any atom is 0.178 e. The number of hydrogen-bond acceptors (Lipinski definition) is 3. The third kappa shape index (κ3) is 2.99. The Morgan fingerprint density at radius 2 is 1.81 bits per heavy atom. The van der Waals surface area contributed by atoms with Crippen LogP contribution in [0, 0.1) is 27.7 Å². The fourth-order valence-corrected chi connectivity index (χ4v) is 2.69. The molecule has 1 aromatic carbocycles. The van der Waals surface area contributed by atoms with E-state index in [2.05, 4.69) is 43.0 Å². The van der Waals surface area contributed by atoms with Crippen LogP contribution in [0.4, 0.5) is 0 Å². The highest BCUT2D eigenvalue weighted by Crippen LogP contribution is 2.33. The predicted octanol–water partition coefficient (Wildman–Crippen LogP) is 3.75. The first-order valence-corrected chi connectivity index (χ1v) is 7.14. The van der Waals surface area contributed by atoms with Gasteiger partial charge in [0.1, 0.15) is 5.75 Å². The number of aryl methyl sites for hydroxylation is 4. The lowest BCUT2D eigenvalue weighted by molar-refractivity contribution is 0.327. The van der Waals surface area contributed by atoms with Crippen LogP contribution in [-0.4, -0.2) is 22.7 Å². The van der Waals surface area contributed by atoms with Crippen molar-refractivity contribution in [2.45, 2.75) is 34.6 Å². The largest absolute Gasteiger partial charge is 0.471 e. The van der Waals surface area contributed by atoms with Crippen LogP contribution in [0.1, 0.15) is 29.4 Å². The third-order valence-corrected chi connectivity index (χ3v) is 3.72. The van der Waals surface area contributed by atoms with Crippen LogP contribution in [0.3, 0.4) is 0 Å². The van der Waals surface area contributed by atoms with Crippen molar-refractivity contribution in [3.8, 4) is 16.9 Å².